The highest BCUT2D eigenvalue weighted by Crippen LogP contribution is 2.08. The molecule has 0 unspecified atom stereocenters. The van der Waals surface area contributed by atoms with Gasteiger partial charge in [0.15, 0.2) is 5.78 Å². The van der Waals surface area contributed by atoms with Crippen molar-refractivity contribution in [2.24, 2.45) is 0 Å². The van der Waals surface area contributed by atoms with Gasteiger partial charge in [0.2, 0.25) is 5.95 Å². The van der Waals surface area contributed by atoms with Crippen LogP contribution in [-0.4, -0.2) is 15.8 Å². The van der Waals surface area contributed by atoms with Crippen LogP contribution in [0, 0.1) is 13.8 Å². The number of carbonyl (C=O) groups excluding carboxylic acids is 1. The van der Waals surface area contributed by atoms with Gasteiger partial charge >= 0.3 is 0 Å². The number of nitrogens with zero attached hydrogens (tertiary/aromatic N) is 2. The minimum atomic E-state index is -0.0417. The second-order valence-corrected chi connectivity index (χ2v) is 4.66. The number of benzene rings is 1. The quantitative estimate of drug-likeness (QED) is 0.682. The van der Waals surface area contributed by atoms with Crippen molar-refractivity contribution >= 4 is 11.7 Å². The molecule has 1 aromatic heterocycles. The van der Waals surface area contributed by atoms with E-state index in [1.807, 2.05) is 45.0 Å². The van der Waals surface area contributed by atoms with E-state index < -0.39 is 0 Å². The molecule has 1 heterocycles. The lowest BCUT2D eigenvalue weighted by atomic mass is 10.1. The lowest BCUT2D eigenvalue weighted by molar-refractivity contribution is 0.104. The highest BCUT2D eigenvalue weighted by Gasteiger charge is 2.04. The third-order valence-corrected chi connectivity index (χ3v) is 2.70. The summed E-state index contributed by atoms with van der Waals surface area (Å²) in [4.78, 5) is 20.6. The predicted octanol–water partition coefficient (Wildman–Crippen LogP) is 3.29. The molecule has 2 rings (SSSR count). The molecule has 0 atom stereocenters. The van der Waals surface area contributed by atoms with Crippen LogP contribution >= 0.6 is 0 Å². The van der Waals surface area contributed by atoms with Crippen LogP contribution in [0.3, 0.4) is 0 Å². The van der Waals surface area contributed by atoms with E-state index in [2.05, 4.69) is 15.3 Å². The number of anilines is 1. The molecule has 20 heavy (non-hydrogen) atoms. The maximum Gasteiger partial charge on any atom is 0.227 e. The Morgan fingerprint density at radius 2 is 1.70 bits per heavy atom. The number of nitrogens with one attached hydrogen (secondary N) is 1. The van der Waals surface area contributed by atoms with Crippen molar-refractivity contribution in [3.63, 3.8) is 0 Å². The summed E-state index contributed by atoms with van der Waals surface area (Å²) in [7, 11) is 0. The van der Waals surface area contributed by atoms with E-state index in [1.165, 1.54) is 0 Å². The van der Waals surface area contributed by atoms with Crippen molar-refractivity contribution in [3.05, 3.63) is 65.1 Å². The second kappa shape index (κ2) is 6.10. The van der Waals surface area contributed by atoms with Crippen LogP contribution in [0.2, 0.25) is 0 Å². The highest BCUT2D eigenvalue weighted by atomic mass is 16.1. The smallest absolute Gasteiger partial charge is 0.227 e. The number of allylic oxidation sites excluding steroid dienone is 2. The van der Waals surface area contributed by atoms with Crippen molar-refractivity contribution < 1.29 is 4.79 Å². The van der Waals surface area contributed by atoms with Gasteiger partial charge in [0.05, 0.1) is 0 Å². The molecule has 0 radical (unpaired) electrons. The number of aromatic nitrogens is 2. The fourth-order valence-electron chi connectivity index (χ4n) is 1.88. The largest absolute Gasteiger partial charge is 0.328 e. The summed E-state index contributed by atoms with van der Waals surface area (Å²) in [5.74, 6) is 0.470. The topological polar surface area (TPSA) is 54.9 Å². The third-order valence-electron chi connectivity index (χ3n) is 2.70. The van der Waals surface area contributed by atoms with E-state index in [4.69, 9.17) is 0 Å². The first-order chi connectivity index (χ1) is 9.54. The van der Waals surface area contributed by atoms with Crippen LogP contribution in [0.25, 0.3) is 0 Å². The van der Waals surface area contributed by atoms with Crippen molar-refractivity contribution in [2.75, 3.05) is 5.32 Å². The van der Waals surface area contributed by atoms with Crippen molar-refractivity contribution in [1.82, 2.24) is 9.97 Å². The summed E-state index contributed by atoms with van der Waals surface area (Å²) < 4.78 is 0. The van der Waals surface area contributed by atoms with Crippen molar-refractivity contribution in [2.45, 2.75) is 20.8 Å². The Morgan fingerprint density at radius 3 is 2.30 bits per heavy atom. The number of carbonyl (C=O) groups is 1. The van der Waals surface area contributed by atoms with Crippen LogP contribution in [0.1, 0.15) is 28.7 Å². The summed E-state index contributed by atoms with van der Waals surface area (Å²) in [6, 6.07) is 11.1. The van der Waals surface area contributed by atoms with E-state index >= 15 is 0 Å². The number of aryl methyl sites for hydroxylation is 2. The lowest BCUT2D eigenvalue weighted by Gasteiger charge is -2.06. The zero-order chi connectivity index (χ0) is 14.5. The number of hydrogen-bond donors (Lipinski definition) is 1. The highest BCUT2D eigenvalue weighted by molar-refractivity contribution is 6.05. The molecule has 1 aromatic carbocycles. The van der Waals surface area contributed by atoms with Gasteiger partial charge in [-0.3, -0.25) is 4.79 Å². The lowest BCUT2D eigenvalue weighted by Crippen LogP contribution is -2.05. The molecule has 0 saturated carbocycles. The minimum absolute atomic E-state index is 0.0417. The van der Waals surface area contributed by atoms with Crippen LogP contribution < -0.4 is 5.32 Å². The standard InChI is InChI=1S/C16H17N3O/c1-11-9-12(2)18-16(17-11)19-13(3)10-15(20)14-7-5-4-6-8-14/h4-10H,1-3H3,(H,17,18,19). The summed E-state index contributed by atoms with van der Waals surface area (Å²) in [5, 5.41) is 3.04. The number of hydrogen-bond acceptors (Lipinski definition) is 4. The van der Waals surface area contributed by atoms with Gasteiger partial charge in [-0.15, -0.1) is 0 Å². The monoisotopic (exact) mass is 267 g/mol. The van der Waals surface area contributed by atoms with Crippen LogP contribution in [0.15, 0.2) is 48.2 Å². The van der Waals surface area contributed by atoms with E-state index in [0.717, 1.165) is 11.4 Å². The fourth-order valence-corrected chi connectivity index (χ4v) is 1.88. The van der Waals surface area contributed by atoms with Gasteiger partial charge in [-0.25, -0.2) is 9.97 Å². The molecule has 102 valence electrons. The molecule has 4 heteroatoms. The SMILES string of the molecule is CC(=CC(=O)c1ccccc1)Nc1nc(C)cc(C)n1. The summed E-state index contributed by atoms with van der Waals surface area (Å²) in [6.45, 7) is 5.64. The van der Waals surface area contributed by atoms with Gasteiger partial charge in [-0.05, 0) is 26.8 Å². The van der Waals surface area contributed by atoms with Gasteiger partial charge in [0.1, 0.15) is 0 Å². The third kappa shape index (κ3) is 3.75. The Bertz CT molecular complexity index is 628. The number of ketones is 1. The second-order valence-electron chi connectivity index (χ2n) is 4.66. The van der Waals surface area contributed by atoms with Crippen LogP contribution in [0.5, 0.6) is 0 Å². The van der Waals surface area contributed by atoms with Gasteiger partial charge in [0.25, 0.3) is 0 Å². The van der Waals surface area contributed by atoms with Crippen molar-refractivity contribution in [1.29, 1.82) is 0 Å². The number of rotatable bonds is 4. The van der Waals surface area contributed by atoms with Crippen LogP contribution in [0.4, 0.5) is 5.95 Å². The molecule has 0 amide bonds. The molecule has 0 aliphatic rings. The molecule has 0 fully saturated rings. The fraction of sp³-hybridized carbons (Fsp3) is 0.188. The Balaban J connectivity index is 2.13. The molecule has 0 aliphatic heterocycles. The first-order valence-electron chi connectivity index (χ1n) is 6.41. The van der Waals surface area contributed by atoms with Crippen LogP contribution in [-0.2, 0) is 0 Å². The summed E-state index contributed by atoms with van der Waals surface area (Å²) >= 11 is 0. The molecule has 4 nitrogen and oxygen atoms in total. The van der Waals surface area contributed by atoms with E-state index in [-0.39, 0.29) is 5.78 Å². The maximum absolute atomic E-state index is 12.0. The average molecular weight is 267 g/mol. The summed E-state index contributed by atoms with van der Waals surface area (Å²) in [6.07, 6.45) is 1.55. The van der Waals surface area contributed by atoms with E-state index in [1.54, 1.807) is 18.2 Å². The maximum atomic E-state index is 12.0. The minimum Gasteiger partial charge on any atom is -0.328 e. The molecule has 0 saturated heterocycles. The molecule has 0 spiro atoms. The Morgan fingerprint density at radius 1 is 1.10 bits per heavy atom. The van der Waals surface area contributed by atoms with E-state index in [0.29, 0.717) is 17.2 Å². The summed E-state index contributed by atoms with van der Waals surface area (Å²) in [5.41, 5.74) is 3.16. The molecule has 0 aliphatic carbocycles. The van der Waals surface area contributed by atoms with Gasteiger partial charge in [-0.2, -0.15) is 0 Å². The molecule has 1 N–H and O–H groups in total. The van der Waals surface area contributed by atoms with Gasteiger partial charge in [0, 0.05) is 28.7 Å². The van der Waals surface area contributed by atoms with Crippen molar-refractivity contribution in [3.8, 4) is 0 Å². The normalized spacial score (nSPS) is 11.2. The molecular weight excluding hydrogens is 250 g/mol. The molecule has 0 bridgehead atoms. The zero-order valence-corrected chi connectivity index (χ0v) is 11.8. The first-order valence-corrected chi connectivity index (χ1v) is 6.41. The predicted molar refractivity (Wildman–Crippen MR) is 79.7 cm³/mol. The zero-order valence-electron chi connectivity index (χ0n) is 11.8. The van der Waals surface area contributed by atoms with Gasteiger partial charge in [-0.1, -0.05) is 30.3 Å². The Labute approximate surface area is 118 Å². The molecule has 2 aromatic rings. The molecular formula is C16H17N3O. The Hall–Kier alpha value is -2.49. The van der Waals surface area contributed by atoms with E-state index in [9.17, 15) is 4.79 Å². The average Bonchev–Trinajstić information content (AvgIpc) is 2.38. The Kier molecular flexibility index (Phi) is 4.25. The first kappa shape index (κ1) is 13.9. The van der Waals surface area contributed by atoms with Gasteiger partial charge < -0.3 is 5.32 Å².